The number of hydrogen-bond acceptors (Lipinski definition) is 4. The summed E-state index contributed by atoms with van der Waals surface area (Å²) in [6, 6.07) is 0. The molecule has 5 nitrogen and oxygen atoms in total. The number of nitrogens with one attached hydrogen (secondary N) is 1. The summed E-state index contributed by atoms with van der Waals surface area (Å²) in [5.41, 5.74) is 2.15. The molecule has 1 N–H and O–H groups in total. The summed E-state index contributed by atoms with van der Waals surface area (Å²) in [6.45, 7) is 1.44. The number of nitrogens with zero attached hydrogens (tertiary/aromatic N) is 3. The van der Waals surface area contributed by atoms with Crippen molar-refractivity contribution in [2.24, 2.45) is 0 Å². The summed E-state index contributed by atoms with van der Waals surface area (Å²) in [4.78, 5) is 13.9. The first kappa shape index (κ1) is 14.9. The van der Waals surface area contributed by atoms with E-state index in [0.717, 1.165) is 43.0 Å². The zero-order valence-corrected chi connectivity index (χ0v) is 14.1. The van der Waals surface area contributed by atoms with Crippen molar-refractivity contribution < 1.29 is 4.79 Å². The summed E-state index contributed by atoms with van der Waals surface area (Å²) in [7, 11) is 0. The van der Waals surface area contributed by atoms with Crippen molar-refractivity contribution in [2.75, 3.05) is 0 Å². The third-order valence-electron chi connectivity index (χ3n) is 4.90. The van der Waals surface area contributed by atoms with Gasteiger partial charge in [0.2, 0.25) is 0 Å². The number of hydrogen-bond donors (Lipinski definition) is 1. The van der Waals surface area contributed by atoms with Crippen LogP contribution in [-0.4, -0.2) is 20.7 Å². The van der Waals surface area contributed by atoms with E-state index in [2.05, 4.69) is 20.1 Å². The molecule has 6 heteroatoms. The predicted octanol–water partition coefficient (Wildman–Crippen LogP) is 2.87. The Bertz CT molecular complexity index is 718. The van der Waals surface area contributed by atoms with Gasteiger partial charge in [-0.3, -0.25) is 4.79 Å². The summed E-state index contributed by atoms with van der Waals surface area (Å²) in [6.07, 6.45) is 9.22. The first-order valence-corrected chi connectivity index (χ1v) is 9.49. The zero-order valence-electron chi connectivity index (χ0n) is 13.3. The molecule has 1 amide bonds. The molecule has 1 aliphatic heterocycles. The van der Waals surface area contributed by atoms with E-state index in [1.165, 1.54) is 42.5 Å². The van der Waals surface area contributed by atoms with E-state index >= 15 is 0 Å². The molecule has 122 valence electrons. The van der Waals surface area contributed by atoms with Gasteiger partial charge in [0.05, 0.1) is 12.1 Å². The number of aromatic nitrogens is 3. The lowest BCUT2D eigenvalue weighted by molar-refractivity contribution is 0.0948. The molecule has 0 bridgehead atoms. The van der Waals surface area contributed by atoms with Crippen LogP contribution in [0.1, 0.15) is 64.6 Å². The fourth-order valence-electron chi connectivity index (χ4n) is 3.61. The van der Waals surface area contributed by atoms with Gasteiger partial charge in [0, 0.05) is 23.2 Å². The van der Waals surface area contributed by atoms with E-state index in [-0.39, 0.29) is 5.91 Å². The third kappa shape index (κ3) is 2.92. The maximum Gasteiger partial charge on any atom is 0.252 e. The number of fused-ring (bicyclic) bond motifs is 2. The first-order valence-electron chi connectivity index (χ1n) is 8.61. The van der Waals surface area contributed by atoms with Crippen molar-refractivity contribution in [1.29, 1.82) is 0 Å². The molecule has 2 aromatic rings. The topological polar surface area (TPSA) is 59.8 Å². The van der Waals surface area contributed by atoms with Crippen LogP contribution in [0.5, 0.6) is 0 Å². The van der Waals surface area contributed by atoms with Gasteiger partial charge in [-0.05, 0) is 44.1 Å². The lowest BCUT2D eigenvalue weighted by Crippen LogP contribution is -2.25. The molecular weight excluding hydrogens is 308 g/mol. The molecule has 23 heavy (non-hydrogen) atoms. The van der Waals surface area contributed by atoms with Crippen LogP contribution < -0.4 is 5.32 Å². The highest BCUT2D eigenvalue weighted by molar-refractivity contribution is 7.10. The van der Waals surface area contributed by atoms with E-state index in [9.17, 15) is 4.79 Å². The summed E-state index contributed by atoms with van der Waals surface area (Å²) in [5.74, 6) is 1.99. The second-order valence-electron chi connectivity index (χ2n) is 6.44. The maximum atomic E-state index is 12.5. The van der Waals surface area contributed by atoms with E-state index in [4.69, 9.17) is 0 Å². The molecule has 3 heterocycles. The predicted molar refractivity (Wildman–Crippen MR) is 89.7 cm³/mol. The highest BCUT2D eigenvalue weighted by atomic mass is 32.1. The van der Waals surface area contributed by atoms with Crippen LogP contribution in [0.15, 0.2) is 5.38 Å². The Morgan fingerprint density at radius 2 is 2.00 bits per heavy atom. The minimum absolute atomic E-state index is 0.0374. The fraction of sp³-hybridized carbons (Fsp3) is 0.588. The van der Waals surface area contributed by atoms with Gasteiger partial charge < -0.3 is 9.88 Å². The molecule has 2 aliphatic rings. The zero-order chi connectivity index (χ0) is 15.6. The molecule has 0 aromatic carbocycles. The highest BCUT2D eigenvalue weighted by Gasteiger charge is 2.21. The third-order valence-corrected chi connectivity index (χ3v) is 5.99. The standard InChI is InChI=1S/C17H22N4OS/c22-17(13-11-23-14-7-4-3-6-12(13)14)18-10-16-20-19-15-8-2-1-5-9-21(15)16/h11H,1-10H2,(H,18,22). The van der Waals surface area contributed by atoms with Crippen LogP contribution in [0.25, 0.3) is 0 Å². The number of carbonyl (C=O) groups excluding carboxylic acids is 1. The SMILES string of the molecule is O=C(NCc1nnc2n1CCCCC2)c1csc2c1CCCC2. The summed E-state index contributed by atoms with van der Waals surface area (Å²) >= 11 is 1.74. The lowest BCUT2D eigenvalue weighted by Gasteiger charge is -2.13. The van der Waals surface area contributed by atoms with Crippen molar-refractivity contribution in [3.8, 4) is 0 Å². The largest absolute Gasteiger partial charge is 0.345 e. The van der Waals surface area contributed by atoms with Gasteiger partial charge in [0.25, 0.3) is 5.91 Å². The average molecular weight is 330 g/mol. The van der Waals surface area contributed by atoms with E-state index in [1.54, 1.807) is 11.3 Å². The van der Waals surface area contributed by atoms with Crippen LogP contribution >= 0.6 is 11.3 Å². The van der Waals surface area contributed by atoms with E-state index < -0.39 is 0 Å². The minimum atomic E-state index is 0.0374. The minimum Gasteiger partial charge on any atom is -0.345 e. The lowest BCUT2D eigenvalue weighted by atomic mass is 9.96. The Hall–Kier alpha value is -1.69. The normalized spacial score (nSPS) is 17.2. The van der Waals surface area contributed by atoms with E-state index in [1.807, 2.05) is 5.38 Å². The molecule has 0 saturated carbocycles. The van der Waals surface area contributed by atoms with Gasteiger partial charge in [-0.15, -0.1) is 21.5 Å². The molecule has 1 aliphatic carbocycles. The van der Waals surface area contributed by atoms with Gasteiger partial charge in [-0.2, -0.15) is 0 Å². The molecule has 4 rings (SSSR count). The van der Waals surface area contributed by atoms with Crippen LogP contribution in [0, 0.1) is 0 Å². The van der Waals surface area contributed by atoms with Crippen LogP contribution in [0.3, 0.4) is 0 Å². The molecule has 0 saturated heterocycles. The van der Waals surface area contributed by atoms with Gasteiger partial charge in [0.1, 0.15) is 5.82 Å². The smallest absolute Gasteiger partial charge is 0.252 e. The molecule has 0 radical (unpaired) electrons. The van der Waals surface area contributed by atoms with Crippen LogP contribution in [0.2, 0.25) is 0 Å². The van der Waals surface area contributed by atoms with Crippen molar-refractivity contribution in [3.63, 3.8) is 0 Å². The van der Waals surface area contributed by atoms with Gasteiger partial charge >= 0.3 is 0 Å². The first-order chi connectivity index (χ1) is 11.3. The monoisotopic (exact) mass is 330 g/mol. The summed E-state index contributed by atoms with van der Waals surface area (Å²) in [5, 5.41) is 13.6. The molecule has 0 spiro atoms. The molecule has 0 atom stereocenters. The Balaban J connectivity index is 1.46. The fourth-order valence-corrected chi connectivity index (χ4v) is 4.74. The van der Waals surface area contributed by atoms with Crippen LogP contribution in [0.4, 0.5) is 0 Å². The number of carbonyl (C=O) groups is 1. The molecular formula is C17H22N4OS. The Morgan fingerprint density at radius 3 is 2.96 bits per heavy atom. The van der Waals surface area contributed by atoms with Crippen molar-refractivity contribution in [2.45, 2.75) is 64.5 Å². The number of thiophene rings is 1. The number of amides is 1. The van der Waals surface area contributed by atoms with Crippen molar-refractivity contribution in [1.82, 2.24) is 20.1 Å². The van der Waals surface area contributed by atoms with Gasteiger partial charge in [-0.25, -0.2) is 0 Å². The van der Waals surface area contributed by atoms with Crippen molar-refractivity contribution in [3.05, 3.63) is 33.0 Å². The second-order valence-corrected chi connectivity index (χ2v) is 7.40. The van der Waals surface area contributed by atoms with E-state index in [0.29, 0.717) is 6.54 Å². The average Bonchev–Trinajstić information content (AvgIpc) is 3.10. The Kier molecular flexibility index (Phi) is 4.16. The number of rotatable bonds is 3. The molecule has 0 unspecified atom stereocenters. The van der Waals surface area contributed by atoms with Crippen molar-refractivity contribution >= 4 is 17.2 Å². The molecule has 2 aromatic heterocycles. The molecule has 0 fully saturated rings. The Labute approximate surface area is 140 Å². The Morgan fingerprint density at radius 1 is 1.13 bits per heavy atom. The quantitative estimate of drug-likeness (QED) is 0.941. The summed E-state index contributed by atoms with van der Waals surface area (Å²) < 4.78 is 2.19. The van der Waals surface area contributed by atoms with Crippen LogP contribution in [-0.2, 0) is 32.4 Å². The highest BCUT2D eigenvalue weighted by Crippen LogP contribution is 2.30. The van der Waals surface area contributed by atoms with Gasteiger partial charge in [-0.1, -0.05) is 6.42 Å². The number of aryl methyl sites for hydroxylation is 2. The second kappa shape index (κ2) is 6.43. The van der Waals surface area contributed by atoms with Gasteiger partial charge in [0.15, 0.2) is 5.82 Å². The maximum absolute atomic E-state index is 12.5.